The van der Waals surface area contributed by atoms with Crippen molar-refractivity contribution in [2.45, 2.75) is 24.8 Å². The lowest BCUT2D eigenvalue weighted by molar-refractivity contribution is -0.166. The predicted octanol–water partition coefficient (Wildman–Crippen LogP) is 0.647. The highest BCUT2D eigenvalue weighted by Gasteiger charge is 2.46. The van der Waals surface area contributed by atoms with Crippen LogP contribution < -0.4 is 0 Å². The van der Waals surface area contributed by atoms with E-state index in [0.717, 1.165) is 39.0 Å². The summed E-state index contributed by atoms with van der Waals surface area (Å²) in [6, 6.07) is 0.532. The summed E-state index contributed by atoms with van der Waals surface area (Å²) in [5, 5.41) is 0. The fraction of sp³-hybridized carbons (Fsp3) is 0.800. The molecule has 0 aromatic heterocycles. The number of hydrogen-bond donors (Lipinski definition) is 0. The number of halogens is 2. The second-order valence-electron chi connectivity index (χ2n) is 6.63. The SMILES string of the molecule is CN1C=CN(C2CCN(CC(=O)N3CC(F)(F)C3)CC2)CC1. The minimum atomic E-state index is -2.67. The molecule has 3 aliphatic rings. The normalized spacial score (nSPS) is 26.2. The number of carbonyl (C=O) groups excluding carboxylic acids is 1. The molecule has 7 heteroatoms. The van der Waals surface area contributed by atoms with E-state index in [0.29, 0.717) is 6.04 Å². The van der Waals surface area contributed by atoms with Crippen molar-refractivity contribution in [1.29, 1.82) is 0 Å². The van der Waals surface area contributed by atoms with E-state index in [4.69, 9.17) is 0 Å². The lowest BCUT2D eigenvalue weighted by atomic mass is 10.0. The first-order chi connectivity index (χ1) is 10.4. The maximum absolute atomic E-state index is 12.8. The zero-order valence-electron chi connectivity index (χ0n) is 13.0. The first kappa shape index (κ1) is 15.5. The van der Waals surface area contributed by atoms with E-state index in [1.807, 2.05) is 0 Å². The van der Waals surface area contributed by atoms with Crippen molar-refractivity contribution in [2.24, 2.45) is 0 Å². The van der Waals surface area contributed by atoms with Crippen LogP contribution >= 0.6 is 0 Å². The number of likely N-dealkylation sites (N-methyl/N-ethyl adjacent to an activating group) is 1. The molecule has 0 bridgehead atoms. The summed E-state index contributed by atoms with van der Waals surface area (Å²) in [6.45, 7) is 3.27. The molecule has 0 radical (unpaired) electrons. The molecule has 3 rings (SSSR count). The van der Waals surface area contributed by atoms with Gasteiger partial charge in [-0.15, -0.1) is 0 Å². The van der Waals surface area contributed by atoms with E-state index in [1.54, 1.807) is 0 Å². The summed E-state index contributed by atoms with van der Waals surface area (Å²) in [4.78, 5) is 19.8. The molecule has 1 amide bonds. The predicted molar refractivity (Wildman–Crippen MR) is 79.5 cm³/mol. The van der Waals surface area contributed by atoms with E-state index < -0.39 is 19.0 Å². The van der Waals surface area contributed by atoms with Crippen LogP contribution in [0.1, 0.15) is 12.8 Å². The molecule has 3 aliphatic heterocycles. The Labute approximate surface area is 130 Å². The van der Waals surface area contributed by atoms with E-state index >= 15 is 0 Å². The van der Waals surface area contributed by atoms with Crippen molar-refractivity contribution in [3.63, 3.8) is 0 Å². The Balaban J connectivity index is 1.40. The van der Waals surface area contributed by atoms with Crippen molar-refractivity contribution in [1.82, 2.24) is 19.6 Å². The van der Waals surface area contributed by atoms with Crippen molar-refractivity contribution in [3.05, 3.63) is 12.4 Å². The molecule has 124 valence electrons. The third-order valence-electron chi connectivity index (χ3n) is 4.81. The molecule has 0 aliphatic carbocycles. The highest BCUT2D eigenvalue weighted by atomic mass is 19.3. The zero-order chi connectivity index (χ0) is 15.7. The summed E-state index contributed by atoms with van der Waals surface area (Å²) in [5.74, 6) is -2.83. The van der Waals surface area contributed by atoms with Gasteiger partial charge in [0, 0.05) is 51.7 Å². The summed E-state index contributed by atoms with van der Waals surface area (Å²) < 4.78 is 25.6. The average molecular weight is 314 g/mol. The smallest absolute Gasteiger partial charge is 0.282 e. The molecular formula is C15H24F2N4O. The molecule has 0 aromatic rings. The topological polar surface area (TPSA) is 30.0 Å². The monoisotopic (exact) mass is 314 g/mol. The number of alkyl halides is 2. The van der Waals surface area contributed by atoms with Crippen LogP contribution in [0.5, 0.6) is 0 Å². The molecule has 0 N–H and O–H groups in total. The van der Waals surface area contributed by atoms with Crippen LogP contribution in [0, 0.1) is 0 Å². The molecule has 0 unspecified atom stereocenters. The molecule has 5 nitrogen and oxygen atoms in total. The van der Waals surface area contributed by atoms with E-state index in [2.05, 4.69) is 34.1 Å². The first-order valence-electron chi connectivity index (χ1n) is 7.95. The van der Waals surface area contributed by atoms with Gasteiger partial charge in [-0.2, -0.15) is 0 Å². The van der Waals surface area contributed by atoms with Crippen molar-refractivity contribution in [3.8, 4) is 0 Å². The zero-order valence-corrected chi connectivity index (χ0v) is 13.0. The molecule has 0 saturated carbocycles. The van der Waals surface area contributed by atoms with Crippen LogP contribution in [0.4, 0.5) is 8.78 Å². The summed E-state index contributed by atoms with van der Waals surface area (Å²) in [6.07, 6.45) is 6.30. The van der Waals surface area contributed by atoms with Gasteiger partial charge in [0.05, 0.1) is 19.6 Å². The maximum Gasteiger partial charge on any atom is 0.282 e. The van der Waals surface area contributed by atoms with Gasteiger partial charge >= 0.3 is 0 Å². The fourth-order valence-corrected chi connectivity index (χ4v) is 3.31. The molecule has 0 spiro atoms. The Morgan fingerprint density at radius 2 is 1.82 bits per heavy atom. The van der Waals surface area contributed by atoms with Crippen LogP contribution in [0.25, 0.3) is 0 Å². The van der Waals surface area contributed by atoms with Crippen molar-refractivity contribution in [2.75, 3.05) is 52.9 Å². The number of hydrogen-bond acceptors (Lipinski definition) is 4. The lowest BCUT2D eigenvalue weighted by Gasteiger charge is -2.42. The van der Waals surface area contributed by atoms with Gasteiger partial charge in [-0.3, -0.25) is 9.69 Å². The van der Waals surface area contributed by atoms with Gasteiger partial charge in [0.25, 0.3) is 5.92 Å². The van der Waals surface area contributed by atoms with Gasteiger partial charge in [0.15, 0.2) is 0 Å². The number of likely N-dealkylation sites (tertiary alicyclic amines) is 2. The van der Waals surface area contributed by atoms with Crippen LogP contribution in [-0.2, 0) is 4.79 Å². The van der Waals surface area contributed by atoms with Crippen LogP contribution in [-0.4, -0.2) is 90.3 Å². The van der Waals surface area contributed by atoms with Gasteiger partial charge in [-0.25, -0.2) is 8.78 Å². The lowest BCUT2D eigenvalue weighted by Crippen LogP contribution is -2.60. The minimum Gasteiger partial charge on any atom is -0.377 e. The highest BCUT2D eigenvalue weighted by Crippen LogP contribution is 2.27. The standard InChI is InChI=1S/C15H24F2N4O/c1-18-6-8-20(9-7-18)13-2-4-19(5-3-13)10-14(22)21-11-15(16,17)12-21/h6,8,13H,2-5,7,9-12H2,1H3. The molecule has 2 saturated heterocycles. The number of piperidine rings is 1. The number of rotatable bonds is 3. The second kappa shape index (κ2) is 6.02. The van der Waals surface area contributed by atoms with E-state index in [9.17, 15) is 13.6 Å². The number of amides is 1. The van der Waals surface area contributed by atoms with Gasteiger partial charge < -0.3 is 14.7 Å². The molecule has 22 heavy (non-hydrogen) atoms. The molecule has 2 fully saturated rings. The first-order valence-corrected chi connectivity index (χ1v) is 7.95. The van der Waals surface area contributed by atoms with E-state index in [-0.39, 0.29) is 12.5 Å². The average Bonchev–Trinajstić information content (AvgIpc) is 2.46. The second-order valence-corrected chi connectivity index (χ2v) is 6.63. The third kappa shape index (κ3) is 3.51. The number of carbonyl (C=O) groups is 1. The highest BCUT2D eigenvalue weighted by molar-refractivity contribution is 5.79. The third-order valence-corrected chi connectivity index (χ3v) is 4.81. The molecule has 3 heterocycles. The van der Waals surface area contributed by atoms with Gasteiger partial charge in [-0.1, -0.05) is 0 Å². The Morgan fingerprint density at radius 3 is 2.36 bits per heavy atom. The Hall–Kier alpha value is -1.37. The fourth-order valence-electron chi connectivity index (χ4n) is 3.31. The van der Waals surface area contributed by atoms with E-state index in [1.165, 1.54) is 4.90 Å². The summed E-state index contributed by atoms with van der Waals surface area (Å²) in [5.41, 5.74) is 0. The molecule has 0 atom stereocenters. The van der Waals surface area contributed by atoms with Crippen molar-refractivity contribution < 1.29 is 13.6 Å². The summed E-state index contributed by atoms with van der Waals surface area (Å²) >= 11 is 0. The maximum atomic E-state index is 12.8. The van der Waals surface area contributed by atoms with Crippen molar-refractivity contribution >= 4 is 5.91 Å². The molecular weight excluding hydrogens is 290 g/mol. The minimum absolute atomic E-state index is 0.163. The number of nitrogens with zero attached hydrogens (tertiary/aromatic N) is 4. The van der Waals surface area contributed by atoms with Crippen LogP contribution in [0.15, 0.2) is 12.4 Å². The van der Waals surface area contributed by atoms with Gasteiger partial charge in [0.2, 0.25) is 5.91 Å². The Morgan fingerprint density at radius 1 is 1.14 bits per heavy atom. The largest absolute Gasteiger partial charge is 0.377 e. The van der Waals surface area contributed by atoms with Gasteiger partial charge in [0.1, 0.15) is 0 Å². The summed E-state index contributed by atoms with van der Waals surface area (Å²) in [7, 11) is 2.07. The molecule has 0 aromatic carbocycles. The van der Waals surface area contributed by atoms with Crippen LogP contribution in [0.2, 0.25) is 0 Å². The Bertz CT molecular complexity index is 441. The quantitative estimate of drug-likeness (QED) is 0.765. The van der Waals surface area contributed by atoms with Gasteiger partial charge in [-0.05, 0) is 12.8 Å². The van der Waals surface area contributed by atoms with Crippen LogP contribution in [0.3, 0.4) is 0 Å². The Kier molecular flexibility index (Phi) is 4.25.